The number of pyridine rings is 4. The van der Waals surface area contributed by atoms with Crippen LogP contribution in [0.1, 0.15) is 103 Å². The standard InChI is InChI=1S/2C20H30N2.8Mo.26O/c2*1(3-5-9-15-21-17-11-7-12-18-21)2-4-6-10-16-22-19-13-8-14-20-22;;;;;;;;;;;;;;;;;;;;;;;;;;;;;;;;;;/h2*7-8,11-14,17-20H,1-6,9-10,15-16H2;;;;;;;;;;;;;;;;;;;;;;;;;;;;;;;;;;/q2*+2;;;;;;;;;26*-2. The fraction of sp³-hybridized carbons (Fsp3) is 0.500. The van der Waals surface area contributed by atoms with Gasteiger partial charge in [-0.1, -0.05) is 75.6 Å². The number of aromatic nitrogens is 4. The predicted octanol–water partition coefficient (Wildman–Crippen LogP) is 5.06. The molecular weight excluding hydrogens is 1720 g/mol. The van der Waals surface area contributed by atoms with Gasteiger partial charge in [0, 0.05) is 243 Å². The topological polar surface area (TPSA) is 757 Å². The van der Waals surface area contributed by atoms with E-state index < -0.39 is 0 Å². The van der Waals surface area contributed by atoms with E-state index in [9.17, 15) is 0 Å². The summed E-state index contributed by atoms with van der Waals surface area (Å²) in [5.74, 6) is 0. The summed E-state index contributed by atoms with van der Waals surface area (Å²) in [7, 11) is 0. The first-order valence-corrected chi connectivity index (χ1v) is 17.7. The van der Waals surface area contributed by atoms with E-state index >= 15 is 0 Å². The number of nitrogens with zero attached hydrogens (tertiary/aromatic N) is 4. The Kier molecular flexibility index (Phi) is 459. The zero-order valence-electron chi connectivity index (χ0n) is 41.4. The maximum atomic E-state index is 2.28. The molecule has 4 rings (SSSR count). The van der Waals surface area contributed by atoms with Crippen LogP contribution in [0, 0.1) is 0 Å². The molecule has 4 aromatic rings. The molecule has 4 heterocycles. The van der Waals surface area contributed by atoms with E-state index in [4.69, 9.17) is 0 Å². The first kappa shape index (κ1) is 218. The van der Waals surface area contributed by atoms with Crippen molar-refractivity contribution in [2.75, 3.05) is 0 Å². The van der Waals surface area contributed by atoms with Crippen molar-refractivity contribution in [3.8, 4) is 0 Å². The average Bonchev–Trinajstić information content (AvgIpc) is 3.08. The van der Waals surface area contributed by atoms with Gasteiger partial charge in [-0.15, -0.1) is 0 Å². The molecule has 0 aromatic carbocycles. The van der Waals surface area contributed by atoms with Crippen LogP contribution in [-0.4, -0.2) is 0 Å². The summed E-state index contributed by atoms with van der Waals surface area (Å²) < 4.78 is 9.12. The van der Waals surface area contributed by atoms with Gasteiger partial charge < -0.3 is 142 Å². The Morgan fingerprint density at radius 1 is 0.128 bits per heavy atom. The molecular formula is C40H60Mo8N4O26-48. The molecule has 0 unspecified atom stereocenters. The molecule has 0 aliphatic rings. The first-order valence-electron chi connectivity index (χ1n) is 17.7. The molecule has 30 nitrogen and oxygen atoms in total. The number of rotatable bonds is 22. The first-order chi connectivity index (χ1) is 21.9. The van der Waals surface area contributed by atoms with Crippen LogP contribution in [-0.2, 0) is 337 Å². The second-order valence-corrected chi connectivity index (χ2v) is 12.1. The molecule has 0 bridgehead atoms. The predicted molar refractivity (Wildman–Crippen MR) is 198 cm³/mol. The van der Waals surface area contributed by atoms with E-state index in [0.29, 0.717) is 0 Å². The summed E-state index contributed by atoms with van der Waals surface area (Å²) >= 11 is 0. The van der Waals surface area contributed by atoms with Crippen LogP contribution < -0.4 is 18.3 Å². The van der Waals surface area contributed by atoms with Gasteiger partial charge in [-0.05, 0) is 25.7 Å². The van der Waals surface area contributed by atoms with E-state index in [-0.39, 0.29) is 311 Å². The summed E-state index contributed by atoms with van der Waals surface area (Å²) in [5.41, 5.74) is 0. The molecule has 0 saturated carbocycles. The second-order valence-electron chi connectivity index (χ2n) is 12.1. The summed E-state index contributed by atoms with van der Waals surface area (Å²) in [4.78, 5) is 0. The Morgan fingerprint density at radius 3 is 0.321 bits per heavy atom. The zero-order valence-corrected chi connectivity index (χ0v) is 57.4. The van der Waals surface area contributed by atoms with Gasteiger partial charge in [0.25, 0.3) is 0 Å². The van der Waals surface area contributed by atoms with Gasteiger partial charge in [-0.3, -0.25) is 0 Å². The van der Waals surface area contributed by atoms with Gasteiger partial charge in [-0.25, -0.2) is 18.3 Å². The molecule has 0 radical (unpaired) electrons. The maximum absolute atomic E-state index is 2.28. The zero-order chi connectivity index (χ0) is 30.6. The fourth-order valence-electron chi connectivity index (χ4n) is 5.63. The van der Waals surface area contributed by atoms with Gasteiger partial charge in [-0.2, -0.15) is 0 Å². The van der Waals surface area contributed by atoms with E-state index in [1.807, 2.05) is 0 Å². The number of hydrogen-bond donors (Lipinski definition) is 0. The summed E-state index contributed by atoms with van der Waals surface area (Å²) in [6, 6.07) is 25.1. The van der Waals surface area contributed by atoms with Gasteiger partial charge in [0.2, 0.25) is 0 Å². The van der Waals surface area contributed by atoms with Crippen molar-refractivity contribution in [1.82, 2.24) is 0 Å². The average molecular weight is 1780 g/mol. The van der Waals surface area contributed by atoms with Crippen molar-refractivity contribution >= 4 is 0 Å². The van der Waals surface area contributed by atoms with Crippen molar-refractivity contribution in [2.45, 2.75) is 129 Å². The molecule has 0 amide bonds. The van der Waals surface area contributed by atoms with Crippen molar-refractivity contribution in [2.24, 2.45) is 0 Å². The Balaban J connectivity index is -0.0000000126. The minimum Gasteiger partial charge on any atom is -2.00 e. The molecule has 0 spiro atoms. The molecule has 492 valence electrons. The van der Waals surface area contributed by atoms with Crippen molar-refractivity contribution < 1.29 is 329 Å². The van der Waals surface area contributed by atoms with Gasteiger partial charge in [0.15, 0.2) is 49.6 Å². The van der Waals surface area contributed by atoms with Crippen LogP contribution in [0.4, 0.5) is 0 Å². The van der Waals surface area contributed by atoms with Crippen LogP contribution >= 0.6 is 0 Å². The van der Waals surface area contributed by atoms with Crippen LogP contribution in [0.25, 0.3) is 0 Å². The summed E-state index contributed by atoms with van der Waals surface area (Å²) in [5, 5.41) is 0. The second kappa shape index (κ2) is 165. The van der Waals surface area contributed by atoms with Crippen LogP contribution in [0.3, 0.4) is 0 Å². The smallest absolute Gasteiger partial charge is 0.168 e. The third-order valence-electron chi connectivity index (χ3n) is 8.27. The minimum atomic E-state index is 0. The molecule has 0 saturated heterocycles. The normalized spacial score (nSPS) is 6.05. The maximum Gasteiger partial charge on any atom is 0.168 e. The molecule has 38 heteroatoms. The van der Waals surface area contributed by atoms with Crippen LogP contribution in [0.2, 0.25) is 0 Å². The quantitative estimate of drug-likeness (QED) is 0.0566. The van der Waals surface area contributed by atoms with Gasteiger partial charge in [0.05, 0.1) is 0 Å². The Labute approximate surface area is 574 Å². The third kappa shape index (κ3) is 128. The minimum absolute atomic E-state index is 0. The number of hydrogen-bond acceptors (Lipinski definition) is 0. The Hall–Kier alpha value is 1.07. The van der Waals surface area contributed by atoms with Crippen molar-refractivity contribution in [3.63, 3.8) is 0 Å². The Morgan fingerprint density at radius 2 is 0.218 bits per heavy atom. The van der Waals surface area contributed by atoms with E-state index in [1.165, 1.54) is 103 Å². The van der Waals surface area contributed by atoms with E-state index in [0.717, 1.165) is 26.2 Å². The van der Waals surface area contributed by atoms with E-state index in [1.54, 1.807) is 0 Å². The largest absolute Gasteiger partial charge is 2.00 e. The van der Waals surface area contributed by atoms with Gasteiger partial charge >= 0.3 is 0 Å². The summed E-state index contributed by atoms with van der Waals surface area (Å²) in [6.07, 6.45) is 39.1. The molecule has 78 heavy (non-hydrogen) atoms. The van der Waals surface area contributed by atoms with E-state index in [2.05, 4.69) is 141 Å². The van der Waals surface area contributed by atoms with Crippen molar-refractivity contribution in [3.05, 3.63) is 122 Å². The monoisotopic (exact) mass is 1800 g/mol. The molecule has 0 atom stereocenters. The number of aryl methyl sites for hydroxylation is 4. The third-order valence-corrected chi connectivity index (χ3v) is 8.27. The van der Waals surface area contributed by atoms with Crippen LogP contribution in [0.5, 0.6) is 0 Å². The molecule has 0 N–H and O–H groups in total. The fourth-order valence-corrected chi connectivity index (χ4v) is 5.63. The molecule has 0 aliphatic heterocycles. The molecule has 4 aromatic heterocycles. The summed E-state index contributed by atoms with van der Waals surface area (Å²) in [6.45, 7) is 4.65. The number of unbranched alkanes of at least 4 members (excludes halogenated alkanes) is 14. The molecule has 0 aliphatic carbocycles. The van der Waals surface area contributed by atoms with Crippen molar-refractivity contribution in [1.29, 1.82) is 0 Å². The SMILES string of the molecule is [Mo].[Mo].[Mo].[Mo].[Mo].[Mo].[Mo].[Mo].[O-2].[O-2].[O-2].[O-2].[O-2].[O-2].[O-2].[O-2].[O-2].[O-2].[O-2].[O-2].[O-2].[O-2].[O-2].[O-2].[O-2].[O-2].[O-2].[O-2].[O-2].[O-2].[O-2].[O-2].[O-2].[O-2].c1cc[n+](CCCCCCCCCC[n+]2ccccc2)cc1.c1cc[n+](CCCCCCCCCC[n+]2ccccc2)cc1. The van der Waals surface area contributed by atoms with Gasteiger partial charge in [0.1, 0.15) is 26.2 Å². The van der Waals surface area contributed by atoms with Crippen LogP contribution in [0.15, 0.2) is 122 Å². The molecule has 0 fully saturated rings. The Bertz CT molecular complexity index is 1070.